The Morgan fingerprint density at radius 2 is 1.61 bits per heavy atom. The van der Waals surface area contributed by atoms with Crippen molar-refractivity contribution in [2.45, 2.75) is 75.2 Å². The maximum Gasteiger partial charge on any atom is 0.320 e. The average Bonchev–Trinajstić information content (AvgIpc) is 3.67. The Bertz CT molecular complexity index is 2190. The Labute approximate surface area is 342 Å². The van der Waals surface area contributed by atoms with E-state index in [1.807, 2.05) is 30.1 Å². The minimum Gasteiger partial charge on any atom is -0.373 e. The van der Waals surface area contributed by atoms with Gasteiger partial charge in [0.15, 0.2) is 5.82 Å². The molecule has 9 rings (SSSR count). The summed E-state index contributed by atoms with van der Waals surface area (Å²) in [6.45, 7) is 8.76. The number of piperidine rings is 3. The number of nitrogens with two attached hydrogens (primary N) is 1. The smallest absolute Gasteiger partial charge is 0.320 e. The van der Waals surface area contributed by atoms with Crippen molar-refractivity contribution < 1.29 is 29.1 Å². The molecule has 0 aliphatic carbocycles. The minimum absolute atomic E-state index is 0.00554. The number of fused-ring (bicyclic) bond motifs is 1. The number of aliphatic hydroxyl groups excluding tert-OH is 1. The topological polar surface area (TPSA) is 201 Å². The van der Waals surface area contributed by atoms with Crippen LogP contribution in [0.2, 0.25) is 0 Å². The van der Waals surface area contributed by atoms with E-state index >= 15 is 0 Å². The molecule has 5 saturated heterocycles. The number of nitrogens with one attached hydrogen (secondary N) is 2. The number of aromatic nitrogens is 2. The number of anilines is 4. The highest BCUT2D eigenvalue weighted by Crippen LogP contribution is 2.39. The Kier molecular flexibility index (Phi) is 10.00. The van der Waals surface area contributed by atoms with Crippen LogP contribution in [0.3, 0.4) is 0 Å². The lowest BCUT2D eigenvalue weighted by Gasteiger charge is -2.50. The fraction of sp³-hybridized carbons (Fsp3) is 0.500. The minimum atomic E-state index is -1.31. The number of rotatable bonds is 9. The van der Waals surface area contributed by atoms with Crippen molar-refractivity contribution in [1.82, 2.24) is 34.9 Å². The van der Waals surface area contributed by atoms with Crippen molar-refractivity contribution in [2.24, 2.45) is 5.73 Å². The first-order valence-electron chi connectivity index (χ1n) is 20.7. The van der Waals surface area contributed by atoms with Crippen molar-refractivity contribution in [2.75, 3.05) is 74.5 Å². The maximum absolute atomic E-state index is 13.3. The van der Waals surface area contributed by atoms with Gasteiger partial charge >= 0.3 is 6.03 Å². The van der Waals surface area contributed by atoms with Gasteiger partial charge in [-0.3, -0.25) is 34.3 Å². The summed E-state index contributed by atoms with van der Waals surface area (Å²) < 4.78 is 0. The van der Waals surface area contributed by atoms with E-state index in [9.17, 15) is 29.1 Å². The summed E-state index contributed by atoms with van der Waals surface area (Å²) in [4.78, 5) is 84.3. The summed E-state index contributed by atoms with van der Waals surface area (Å²) in [5.74, 6) is -0.933. The number of hydrogen-bond donors (Lipinski definition) is 4. The molecule has 0 bridgehead atoms. The highest BCUT2D eigenvalue weighted by Gasteiger charge is 2.46. The fourth-order valence-corrected chi connectivity index (χ4v) is 9.59. The molecule has 6 aliphatic heterocycles. The molecule has 0 spiro atoms. The van der Waals surface area contributed by atoms with Gasteiger partial charge in [0.2, 0.25) is 11.8 Å². The molecule has 6 amide bonds. The lowest BCUT2D eigenvalue weighted by atomic mass is 9.74. The predicted molar refractivity (Wildman–Crippen MR) is 218 cm³/mol. The SMILES string of the molecule is CN1CCN([C@H]2CCCN(c3cnc(C(N)O)c(Nc4ccc(C5(C)CCN(C6CN(c7ccc8c(c7)C(=O)N(C7CCC(=O)NC7=O)C8=O)C6)CC5)cc4)n3)C2)C1=O. The zero-order valence-electron chi connectivity index (χ0n) is 33.5. The quantitative estimate of drug-likeness (QED) is 0.181. The third kappa shape index (κ3) is 7.14. The molecule has 5 fully saturated rings. The molecule has 3 aromatic rings. The summed E-state index contributed by atoms with van der Waals surface area (Å²) in [5, 5.41) is 16.0. The maximum atomic E-state index is 13.3. The number of imide groups is 2. The second-order valence-corrected chi connectivity index (χ2v) is 17.1. The summed E-state index contributed by atoms with van der Waals surface area (Å²) in [5.41, 5.74) is 9.68. The first-order chi connectivity index (χ1) is 28.4. The van der Waals surface area contributed by atoms with E-state index in [0.717, 1.165) is 87.8 Å². The van der Waals surface area contributed by atoms with Gasteiger partial charge in [0, 0.05) is 70.2 Å². The lowest BCUT2D eigenvalue weighted by Crippen LogP contribution is -2.61. The molecule has 2 aromatic carbocycles. The molecule has 2 unspecified atom stereocenters. The number of amides is 6. The third-order valence-corrected chi connectivity index (χ3v) is 13.4. The van der Waals surface area contributed by atoms with E-state index in [1.165, 1.54) is 5.56 Å². The van der Waals surface area contributed by atoms with Crippen molar-refractivity contribution in [3.05, 3.63) is 71.0 Å². The summed E-state index contributed by atoms with van der Waals surface area (Å²) in [6, 6.07) is 13.2. The molecule has 0 saturated carbocycles. The van der Waals surface area contributed by atoms with E-state index in [0.29, 0.717) is 29.8 Å². The molecule has 7 heterocycles. The number of benzene rings is 2. The number of urea groups is 1. The number of likely N-dealkylation sites (tertiary alicyclic amines) is 1. The molecular formula is C42H51N11O6. The molecule has 310 valence electrons. The van der Waals surface area contributed by atoms with Crippen molar-refractivity contribution in [3.8, 4) is 0 Å². The van der Waals surface area contributed by atoms with Crippen LogP contribution < -0.4 is 26.2 Å². The fourth-order valence-electron chi connectivity index (χ4n) is 9.59. The van der Waals surface area contributed by atoms with Crippen LogP contribution in [0.15, 0.2) is 48.7 Å². The molecule has 17 nitrogen and oxygen atoms in total. The average molecular weight is 806 g/mol. The van der Waals surface area contributed by atoms with Gasteiger partial charge in [0.25, 0.3) is 11.8 Å². The van der Waals surface area contributed by atoms with Gasteiger partial charge in [-0.1, -0.05) is 19.1 Å². The number of carbonyl (C=O) groups excluding carboxylic acids is 5. The van der Waals surface area contributed by atoms with Crippen LogP contribution in [-0.2, 0) is 15.0 Å². The Hall–Kier alpha value is -5.65. The van der Waals surface area contributed by atoms with E-state index in [2.05, 4.69) is 49.4 Å². The Morgan fingerprint density at radius 1 is 0.881 bits per heavy atom. The van der Waals surface area contributed by atoms with Crippen LogP contribution in [-0.4, -0.2) is 142 Å². The van der Waals surface area contributed by atoms with E-state index in [1.54, 1.807) is 23.2 Å². The Balaban J connectivity index is 0.797. The van der Waals surface area contributed by atoms with Crippen LogP contribution in [0, 0.1) is 0 Å². The molecule has 3 atom stereocenters. The van der Waals surface area contributed by atoms with Crippen LogP contribution >= 0.6 is 0 Å². The van der Waals surface area contributed by atoms with E-state index in [4.69, 9.17) is 10.7 Å². The molecule has 6 aliphatic rings. The van der Waals surface area contributed by atoms with Crippen LogP contribution in [0.1, 0.15) is 83.6 Å². The van der Waals surface area contributed by atoms with E-state index in [-0.39, 0.29) is 41.6 Å². The number of likely N-dealkylation sites (N-methyl/N-ethyl adjacent to an activating group) is 1. The number of hydrogen-bond acceptors (Lipinski definition) is 13. The summed E-state index contributed by atoms with van der Waals surface area (Å²) in [6.07, 6.45) is 4.42. The van der Waals surface area contributed by atoms with Gasteiger partial charge < -0.3 is 35.8 Å². The van der Waals surface area contributed by atoms with Gasteiger partial charge in [-0.15, -0.1) is 0 Å². The predicted octanol–water partition coefficient (Wildman–Crippen LogP) is 2.15. The molecule has 0 radical (unpaired) electrons. The van der Waals surface area contributed by atoms with Crippen LogP contribution in [0.25, 0.3) is 0 Å². The second kappa shape index (κ2) is 15.2. The number of aliphatic hydroxyl groups is 1. The van der Waals surface area contributed by atoms with Crippen LogP contribution in [0.5, 0.6) is 0 Å². The van der Waals surface area contributed by atoms with Crippen LogP contribution in [0.4, 0.5) is 27.8 Å². The zero-order valence-corrected chi connectivity index (χ0v) is 33.5. The van der Waals surface area contributed by atoms with Crippen molar-refractivity contribution in [3.63, 3.8) is 0 Å². The number of carbonyl (C=O) groups is 5. The van der Waals surface area contributed by atoms with Gasteiger partial charge in [-0.2, -0.15) is 0 Å². The van der Waals surface area contributed by atoms with Gasteiger partial charge in [0.1, 0.15) is 23.8 Å². The summed E-state index contributed by atoms with van der Waals surface area (Å²) >= 11 is 0. The third-order valence-electron chi connectivity index (χ3n) is 13.4. The lowest BCUT2D eigenvalue weighted by molar-refractivity contribution is -0.136. The number of nitrogens with zero attached hydrogens (tertiary/aromatic N) is 8. The first kappa shape index (κ1) is 38.8. The largest absolute Gasteiger partial charge is 0.373 e. The molecule has 5 N–H and O–H groups in total. The molecule has 1 aromatic heterocycles. The van der Waals surface area contributed by atoms with E-state index < -0.39 is 35.9 Å². The molecule has 59 heavy (non-hydrogen) atoms. The van der Waals surface area contributed by atoms with Crippen molar-refractivity contribution >= 4 is 52.7 Å². The van der Waals surface area contributed by atoms with Gasteiger partial charge in [-0.25, -0.2) is 14.8 Å². The molecule has 17 heteroatoms. The van der Waals surface area contributed by atoms with Crippen molar-refractivity contribution in [1.29, 1.82) is 0 Å². The Morgan fingerprint density at radius 3 is 2.31 bits per heavy atom. The highest BCUT2D eigenvalue weighted by molar-refractivity contribution is 6.23. The standard InChI is InChI=1S/C42H51N11O6/c1-42(13-16-49(17-14-42)29-23-51(24-29)27-9-10-30-31(20-27)40(58)53(39(30)57)32-11-12-34(54)47-38(32)56)25-5-7-26(8-6-25)45-37-35(36(43)55)44-21-33(46-37)50-15-3-4-28(22-50)52-19-18-48(2)41(52)59/h5-10,20-21,28-29,32,36,55H,3-4,11-19,22-24,43H2,1-2H3,(H,45,46)(H,47,54,56)/t28-,32?,36?/m0/s1. The second-order valence-electron chi connectivity index (χ2n) is 17.1. The normalized spacial score (nSPS) is 24.4. The highest BCUT2D eigenvalue weighted by atomic mass is 16.3. The van der Waals surface area contributed by atoms with Gasteiger partial charge in [0.05, 0.1) is 23.4 Å². The summed E-state index contributed by atoms with van der Waals surface area (Å²) in [7, 11) is 1.84. The first-order valence-corrected chi connectivity index (χ1v) is 20.7. The van der Waals surface area contributed by atoms with Gasteiger partial charge in [-0.05, 0) is 86.5 Å². The zero-order chi connectivity index (χ0) is 41.2. The molecular weight excluding hydrogens is 755 g/mol. The monoisotopic (exact) mass is 805 g/mol.